The Labute approximate surface area is 242 Å². The number of aliphatic hydroxyl groups is 1. The van der Waals surface area contributed by atoms with Gasteiger partial charge in [0.1, 0.15) is 0 Å². The minimum Gasteiger partial charge on any atom is -0.393 e. The van der Waals surface area contributed by atoms with Gasteiger partial charge >= 0.3 is 0 Å². The quantitative estimate of drug-likeness (QED) is 0.557. The number of hydrogen-bond donors (Lipinski definition) is 2. The van der Waals surface area contributed by atoms with Crippen molar-refractivity contribution in [3.05, 3.63) is 53.7 Å². The highest BCUT2D eigenvalue weighted by Crippen LogP contribution is 2.26. The molecule has 10 nitrogen and oxygen atoms in total. The molecule has 0 atom stereocenters. The maximum atomic E-state index is 13.2. The van der Waals surface area contributed by atoms with Crippen LogP contribution in [-0.4, -0.2) is 107 Å². The van der Waals surface area contributed by atoms with Crippen molar-refractivity contribution < 1.29 is 19.5 Å². The number of nitrogens with one attached hydrogen (secondary N) is 1. The zero-order chi connectivity index (χ0) is 28.9. The summed E-state index contributed by atoms with van der Waals surface area (Å²) in [4.78, 5) is 51.6. The molecule has 3 fully saturated rings. The van der Waals surface area contributed by atoms with Gasteiger partial charge < -0.3 is 30.0 Å². The number of rotatable bonds is 6. The average molecular weight is 563 g/mol. The molecule has 0 spiro atoms. The summed E-state index contributed by atoms with van der Waals surface area (Å²) in [7, 11) is 0. The number of pyridine rings is 1. The Kier molecular flexibility index (Phi) is 9.07. The van der Waals surface area contributed by atoms with Gasteiger partial charge in [0.15, 0.2) is 5.82 Å². The van der Waals surface area contributed by atoms with E-state index < -0.39 is 0 Å². The molecule has 1 aromatic carbocycles. The van der Waals surface area contributed by atoms with E-state index in [2.05, 4.69) is 29.0 Å². The monoisotopic (exact) mass is 562 g/mol. The summed E-state index contributed by atoms with van der Waals surface area (Å²) in [5.41, 5.74) is 2.13. The normalized spacial score (nSPS) is 19.0. The topological polar surface area (TPSA) is 109 Å². The van der Waals surface area contributed by atoms with Crippen molar-refractivity contribution in [2.24, 2.45) is 5.92 Å². The van der Waals surface area contributed by atoms with Gasteiger partial charge in [-0.2, -0.15) is 0 Å². The maximum absolute atomic E-state index is 13.2. The molecule has 1 aromatic heterocycles. The molecule has 10 heteroatoms. The molecule has 3 saturated heterocycles. The number of hydrogen-bond acceptors (Lipinski definition) is 7. The van der Waals surface area contributed by atoms with Crippen LogP contribution in [0.2, 0.25) is 0 Å². The van der Waals surface area contributed by atoms with Crippen molar-refractivity contribution in [3.8, 4) is 0 Å². The van der Waals surface area contributed by atoms with Crippen LogP contribution in [0.3, 0.4) is 0 Å². The van der Waals surface area contributed by atoms with Gasteiger partial charge in [-0.25, -0.2) is 4.98 Å². The van der Waals surface area contributed by atoms with Crippen molar-refractivity contribution in [2.75, 3.05) is 62.6 Å². The van der Waals surface area contributed by atoms with Crippen LogP contribution < -0.4 is 10.2 Å². The van der Waals surface area contributed by atoms with Crippen LogP contribution in [0.5, 0.6) is 0 Å². The summed E-state index contributed by atoms with van der Waals surface area (Å²) in [6.45, 7) is 9.10. The SMILES string of the molecule is CC(C)Nc1cccnc1N1CCN(C(=O)c2ccc(C(=O)N3CCC(C(=O)N4CCC(O)CC4)CC3)cc2)CC1. The van der Waals surface area contributed by atoms with Crippen molar-refractivity contribution in [3.63, 3.8) is 0 Å². The van der Waals surface area contributed by atoms with Crippen molar-refractivity contribution in [1.29, 1.82) is 0 Å². The molecule has 3 aliphatic heterocycles. The number of aliphatic hydroxyl groups excluding tert-OH is 1. The van der Waals surface area contributed by atoms with E-state index in [4.69, 9.17) is 0 Å². The summed E-state index contributed by atoms with van der Waals surface area (Å²) in [5, 5.41) is 13.2. The number of aromatic nitrogens is 1. The summed E-state index contributed by atoms with van der Waals surface area (Å²) in [6, 6.07) is 11.2. The Bertz CT molecular complexity index is 1210. The van der Waals surface area contributed by atoms with E-state index in [0.717, 1.165) is 11.5 Å². The highest BCUT2D eigenvalue weighted by Gasteiger charge is 2.32. The van der Waals surface area contributed by atoms with Crippen molar-refractivity contribution in [2.45, 2.75) is 51.7 Å². The lowest BCUT2D eigenvalue weighted by Crippen LogP contribution is -2.49. The van der Waals surface area contributed by atoms with Gasteiger partial charge in [0.25, 0.3) is 11.8 Å². The summed E-state index contributed by atoms with van der Waals surface area (Å²) in [6.07, 6.45) is 4.08. The maximum Gasteiger partial charge on any atom is 0.253 e. The molecule has 220 valence electrons. The minimum atomic E-state index is -0.302. The third-order valence-electron chi connectivity index (χ3n) is 8.38. The van der Waals surface area contributed by atoms with Crippen molar-refractivity contribution >= 4 is 29.2 Å². The standard InChI is InChI=1S/C31H42N6O4/c1-22(2)33-27-4-3-13-32-28(27)34-18-20-37(21-19-34)30(40)24-7-5-23(6-8-24)29(39)35-14-9-25(10-15-35)31(41)36-16-11-26(38)12-17-36/h3-8,13,22,25-26,33,38H,9-12,14-21H2,1-2H3. The summed E-state index contributed by atoms with van der Waals surface area (Å²) >= 11 is 0. The number of carbonyl (C=O) groups is 3. The Morgan fingerprint density at radius 3 is 1.88 bits per heavy atom. The van der Waals surface area contributed by atoms with Crippen LogP contribution >= 0.6 is 0 Å². The van der Waals surface area contributed by atoms with Crippen LogP contribution in [0.4, 0.5) is 11.5 Å². The predicted octanol–water partition coefficient (Wildman–Crippen LogP) is 2.70. The number of nitrogens with zero attached hydrogens (tertiary/aromatic N) is 5. The lowest BCUT2D eigenvalue weighted by molar-refractivity contribution is -0.138. The first-order chi connectivity index (χ1) is 19.8. The molecule has 0 unspecified atom stereocenters. The van der Waals surface area contributed by atoms with Gasteiger partial charge in [-0.3, -0.25) is 14.4 Å². The van der Waals surface area contributed by atoms with E-state index in [9.17, 15) is 19.5 Å². The molecule has 5 rings (SSSR count). The lowest BCUT2D eigenvalue weighted by atomic mass is 9.93. The summed E-state index contributed by atoms with van der Waals surface area (Å²) < 4.78 is 0. The number of amides is 3. The van der Waals surface area contributed by atoms with E-state index >= 15 is 0 Å². The van der Waals surface area contributed by atoms with Gasteiger partial charge in [-0.05, 0) is 75.9 Å². The molecule has 0 saturated carbocycles. The molecule has 41 heavy (non-hydrogen) atoms. The number of piperazine rings is 1. The molecule has 4 heterocycles. The fraction of sp³-hybridized carbons (Fsp3) is 0.548. The van der Waals surface area contributed by atoms with Crippen LogP contribution in [0, 0.1) is 5.92 Å². The van der Waals surface area contributed by atoms with Gasteiger partial charge in [0.2, 0.25) is 5.91 Å². The van der Waals surface area contributed by atoms with Gasteiger partial charge in [0, 0.05) is 81.6 Å². The molecular formula is C31H42N6O4. The van der Waals surface area contributed by atoms with Gasteiger partial charge in [-0.15, -0.1) is 0 Å². The smallest absolute Gasteiger partial charge is 0.253 e. The Morgan fingerprint density at radius 2 is 1.32 bits per heavy atom. The highest BCUT2D eigenvalue weighted by molar-refractivity contribution is 5.98. The molecule has 3 amide bonds. The molecule has 2 N–H and O–H groups in total. The minimum absolute atomic E-state index is 0.0326. The zero-order valence-corrected chi connectivity index (χ0v) is 24.2. The molecule has 0 radical (unpaired) electrons. The van der Waals surface area contributed by atoms with Crippen molar-refractivity contribution in [1.82, 2.24) is 19.7 Å². The summed E-state index contributed by atoms with van der Waals surface area (Å²) in [5.74, 6) is 0.905. The molecular weight excluding hydrogens is 520 g/mol. The second-order valence-corrected chi connectivity index (χ2v) is 11.7. The van der Waals surface area contributed by atoms with E-state index in [1.54, 1.807) is 35.4 Å². The second kappa shape index (κ2) is 12.9. The molecule has 0 aliphatic carbocycles. The number of anilines is 2. The number of benzene rings is 1. The van der Waals surface area contributed by atoms with Gasteiger partial charge in [-0.1, -0.05) is 0 Å². The third kappa shape index (κ3) is 6.81. The fourth-order valence-electron chi connectivity index (χ4n) is 5.99. The molecule has 0 bridgehead atoms. The van der Waals surface area contributed by atoms with E-state index in [1.165, 1.54) is 0 Å². The van der Waals surface area contributed by atoms with E-state index in [-0.39, 0.29) is 29.7 Å². The Balaban J connectivity index is 1.11. The van der Waals surface area contributed by atoms with Crippen LogP contribution in [0.25, 0.3) is 0 Å². The first-order valence-corrected chi connectivity index (χ1v) is 14.9. The number of likely N-dealkylation sites (tertiary alicyclic amines) is 2. The Morgan fingerprint density at radius 1 is 0.780 bits per heavy atom. The molecule has 3 aliphatic rings. The first-order valence-electron chi connectivity index (χ1n) is 14.9. The highest BCUT2D eigenvalue weighted by atomic mass is 16.3. The fourth-order valence-corrected chi connectivity index (χ4v) is 5.99. The largest absolute Gasteiger partial charge is 0.393 e. The Hall–Kier alpha value is -3.66. The molecule has 2 aromatic rings. The third-order valence-corrected chi connectivity index (χ3v) is 8.38. The van der Waals surface area contributed by atoms with Crippen LogP contribution in [-0.2, 0) is 4.79 Å². The van der Waals surface area contributed by atoms with Crippen LogP contribution in [0.15, 0.2) is 42.6 Å². The average Bonchev–Trinajstić information content (AvgIpc) is 3.01. The lowest BCUT2D eigenvalue weighted by Gasteiger charge is -2.36. The number of carbonyl (C=O) groups excluding carboxylic acids is 3. The second-order valence-electron chi connectivity index (χ2n) is 11.7. The van der Waals surface area contributed by atoms with E-state index in [1.807, 2.05) is 21.9 Å². The zero-order valence-electron chi connectivity index (χ0n) is 24.2. The van der Waals surface area contributed by atoms with E-state index in [0.29, 0.717) is 95.2 Å². The van der Waals surface area contributed by atoms with Crippen LogP contribution in [0.1, 0.15) is 60.2 Å². The first kappa shape index (κ1) is 28.9. The predicted molar refractivity (Wildman–Crippen MR) is 158 cm³/mol. The van der Waals surface area contributed by atoms with Gasteiger partial charge in [0.05, 0.1) is 11.8 Å². The number of piperidine rings is 2.